The van der Waals surface area contributed by atoms with Crippen LogP contribution in [0.15, 0.2) is 52.9 Å². The van der Waals surface area contributed by atoms with Gasteiger partial charge >= 0.3 is 0 Å². The molecule has 0 aliphatic carbocycles. The SMILES string of the molecule is CCN(CC)c1ccc(/C=N/Nc2nc(-c3ccc(Cl)cc3)cs2)c(O)c1. The fraction of sp³-hybridized carbons (Fsp3) is 0.200. The van der Waals surface area contributed by atoms with Crippen molar-refractivity contribution in [3.63, 3.8) is 0 Å². The van der Waals surface area contributed by atoms with Gasteiger partial charge in [0.15, 0.2) is 0 Å². The number of hydrogen-bond acceptors (Lipinski definition) is 6. The summed E-state index contributed by atoms with van der Waals surface area (Å²) in [5.41, 5.74) is 6.41. The second-order valence-electron chi connectivity index (χ2n) is 5.83. The van der Waals surface area contributed by atoms with Gasteiger partial charge in [0.05, 0.1) is 11.9 Å². The van der Waals surface area contributed by atoms with E-state index in [1.807, 2.05) is 41.8 Å². The third-order valence-corrected chi connectivity index (χ3v) is 5.15. The van der Waals surface area contributed by atoms with Crippen LogP contribution in [0, 0.1) is 0 Å². The Hall–Kier alpha value is -2.57. The van der Waals surface area contributed by atoms with Gasteiger partial charge in [-0.15, -0.1) is 11.3 Å². The average molecular weight is 401 g/mol. The standard InChI is InChI=1S/C20H21ClN4OS/c1-3-25(4-2)17-10-7-15(19(26)11-17)12-22-24-20-23-18(13-27-20)14-5-8-16(21)9-6-14/h5-13,26H,3-4H2,1-2H3,(H,23,24)/b22-12+. The Morgan fingerprint density at radius 2 is 1.93 bits per heavy atom. The maximum atomic E-state index is 10.2. The molecule has 1 aromatic heterocycles. The summed E-state index contributed by atoms with van der Waals surface area (Å²) in [6.07, 6.45) is 1.59. The number of nitrogens with zero attached hydrogens (tertiary/aromatic N) is 3. The third kappa shape index (κ3) is 4.78. The molecule has 3 aromatic rings. The molecule has 0 bridgehead atoms. The van der Waals surface area contributed by atoms with Gasteiger partial charge in [-0.2, -0.15) is 5.10 Å². The summed E-state index contributed by atoms with van der Waals surface area (Å²) in [5, 5.41) is 17.8. The quantitative estimate of drug-likeness (QED) is 0.408. The Balaban J connectivity index is 1.66. The Labute approximate surface area is 168 Å². The smallest absolute Gasteiger partial charge is 0.203 e. The number of phenolic OH excluding ortho intramolecular Hbond substituents is 1. The van der Waals surface area contributed by atoms with Crippen LogP contribution in [0.2, 0.25) is 5.02 Å². The van der Waals surface area contributed by atoms with Crippen LogP contribution in [0.3, 0.4) is 0 Å². The Morgan fingerprint density at radius 1 is 1.19 bits per heavy atom. The summed E-state index contributed by atoms with van der Waals surface area (Å²) in [5.74, 6) is 0.200. The van der Waals surface area contributed by atoms with Crippen LogP contribution in [0.25, 0.3) is 11.3 Å². The van der Waals surface area contributed by atoms with Gasteiger partial charge in [-0.1, -0.05) is 23.7 Å². The van der Waals surface area contributed by atoms with E-state index in [1.54, 1.807) is 12.3 Å². The highest BCUT2D eigenvalue weighted by Gasteiger charge is 2.06. The van der Waals surface area contributed by atoms with E-state index < -0.39 is 0 Å². The molecule has 5 nitrogen and oxygen atoms in total. The molecule has 0 unspecified atom stereocenters. The molecule has 2 aromatic carbocycles. The third-order valence-electron chi connectivity index (χ3n) is 4.15. The fourth-order valence-electron chi connectivity index (χ4n) is 2.66. The first-order valence-electron chi connectivity index (χ1n) is 8.69. The maximum absolute atomic E-state index is 10.2. The van der Waals surface area contributed by atoms with E-state index in [4.69, 9.17) is 11.6 Å². The number of halogens is 1. The molecule has 0 aliphatic heterocycles. The van der Waals surface area contributed by atoms with E-state index in [1.165, 1.54) is 11.3 Å². The van der Waals surface area contributed by atoms with Gasteiger partial charge in [0.25, 0.3) is 0 Å². The zero-order valence-corrected chi connectivity index (χ0v) is 16.8. The van der Waals surface area contributed by atoms with E-state index >= 15 is 0 Å². The summed E-state index contributed by atoms with van der Waals surface area (Å²) in [7, 11) is 0. The van der Waals surface area contributed by atoms with Crippen molar-refractivity contribution in [1.82, 2.24) is 4.98 Å². The lowest BCUT2D eigenvalue weighted by Gasteiger charge is -2.21. The lowest BCUT2D eigenvalue weighted by Crippen LogP contribution is -2.21. The zero-order chi connectivity index (χ0) is 19.2. The molecule has 0 radical (unpaired) electrons. The van der Waals surface area contributed by atoms with E-state index in [2.05, 4.69) is 34.3 Å². The minimum absolute atomic E-state index is 0.200. The van der Waals surface area contributed by atoms with Gasteiger partial charge in [0, 0.05) is 46.4 Å². The average Bonchev–Trinajstić information content (AvgIpc) is 3.14. The molecule has 0 fully saturated rings. The summed E-state index contributed by atoms with van der Waals surface area (Å²) in [6, 6.07) is 13.1. The topological polar surface area (TPSA) is 60.8 Å². The van der Waals surface area contributed by atoms with E-state index in [9.17, 15) is 5.11 Å². The summed E-state index contributed by atoms with van der Waals surface area (Å²) in [6.45, 7) is 5.97. The number of anilines is 2. The van der Waals surface area contributed by atoms with Gasteiger partial charge in [0.1, 0.15) is 5.75 Å². The normalized spacial score (nSPS) is 11.1. The molecule has 0 atom stereocenters. The second-order valence-corrected chi connectivity index (χ2v) is 7.12. The van der Waals surface area contributed by atoms with Crippen LogP contribution in [0.4, 0.5) is 10.8 Å². The second kappa shape index (κ2) is 8.88. The fourth-order valence-corrected chi connectivity index (χ4v) is 3.46. The molecular weight excluding hydrogens is 380 g/mol. The molecule has 2 N–H and O–H groups in total. The first-order chi connectivity index (χ1) is 13.1. The van der Waals surface area contributed by atoms with Crippen molar-refractivity contribution in [3.8, 4) is 17.0 Å². The minimum atomic E-state index is 0.200. The minimum Gasteiger partial charge on any atom is -0.507 e. The van der Waals surface area contributed by atoms with Crippen LogP contribution in [-0.4, -0.2) is 29.4 Å². The van der Waals surface area contributed by atoms with Gasteiger partial charge in [0.2, 0.25) is 5.13 Å². The van der Waals surface area contributed by atoms with Crippen molar-refractivity contribution in [1.29, 1.82) is 0 Å². The highest BCUT2D eigenvalue weighted by atomic mass is 35.5. The summed E-state index contributed by atoms with van der Waals surface area (Å²) < 4.78 is 0. The molecule has 0 saturated heterocycles. The molecule has 140 valence electrons. The molecule has 0 amide bonds. The number of rotatable bonds is 7. The monoisotopic (exact) mass is 400 g/mol. The van der Waals surface area contributed by atoms with Crippen molar-refractivity contribution in [2.75, 3.05) is 23.4 Å². The van der Waals surface area contributed by atoms with Crippen molar-refractivity contribution < 1.29 is 5.11 Å². The van der Waals surface area contributed by atoms with Crippen molar-refractivity contribution in [3.05, 3.63) is 58.4 Å². The highest BCUT2D eigenvalue weighted by molar-refractivity contribution is 7.14. The Kier molecular flexibility index (Phi) is 6.32. The number of phenols is 1. The first kappa shape index (κ1) is 19.2. The Morgan fingerprint density at radius 3 is 2.59 bits per heavy atom. The lowest BCUT2D eigenvalue weighted by atomic mass is 10.2. The van der Waals surface area contributed by atoms with Crippen LogP contribution in [0.1, 0.15) is 19.4 Å². The zero-order valence-electron chi connectivity index (χ0n) is 15.2. The molecule has 0 aliphatic rings. The maximum Gasteiger partial charge on any atom is 0.203 e. The van der Waals surface area contributed by atoms with Gasteiger partial charge < -0.3 is 10.0 Å². The molecule has 0 spiro atoms. The molecule has 7 heteroatoms. The largest absolute Gasteiger partial charge is 0.507 e. The number of nitrogens with one attached hydrogen (secondary N) is 1. The number of benzene rings is 2. The summed E-state index contributed by atoms with van der Waals surface area (Å²) in [4.78, 5) is 6.68. The number of thiazole rings is 1. The van der Waals surface area contributed by atoms with Gasteiger partial charge in [-0.3, -0.25) is 5.43 Å². The van der Waals surface area contributed by atoms with E-state index in [0.29, 0.717) is 15.7 Å². The predicted octanol–water partition coefficient (Wildman–Crippen LogP) is 5.46. The number of hydrazone groups is 1. The predicted molar refractivity (Wildman–Crippen MR) is 115 cm³/mol. The number of aromatic nitrogens is 1. The Bertz CT molecular complexity index is 920. The molecular formula is C20H21ClN4OS. The highest BCUT2D eigenvalue weighted by Crippen LogP contribution is 2.26. The van der Waals surface area contributed by atoms with E-state index in [-0.39, 0.29) is 5.75 Å². The van der Waals surface area contributed by atoms with Crippen LogP contribution in [0.5, 0.6) is 5.75 Å². The molecule has 0 saturated carbocycles. The van der Waals surface area contributed by atoms with Crippen LogP contribution in [-0.2, 0) is 0 Å². The summed E-state index contributed by atoms with van der Waals surface area (Å²) >= 11 is 7.38. The van der Waals surface area contributed by atoms with Gasteiger partial charge in [-0.25, -0.2) is 4.98 Å². The van der Waals surface area contributed by atoms with Crippen molar-refractivity contribution >= 4 is 40.0 Å². The number of aromatic hydroxyl groups is 1. The van der Waals surface area contributed by atoms with Crippen LogP contribution < -0.4 is 10.3 Å². The molecule has 27 heavy (non-hydrogen) atoms. The van der Waals surface area contributed by atoms with E-state index in [0.717, 1.165) is 30.0 Å². The number of hydrogen-bond donors (Lipinski definition) is 2. The van der Waals surface area contributed by atoms with Crippen LogP contribution >= 0.6 is 22.9 Å². The van der Waals surface area contributed by atoms with Crippen molar-refractivity contribution in [2.45, 2.75) is 13.8 Å². The first-order valence-corrected chi connectivity index (χ1v) is 9.95. The molecule has 3 rings (SSSR count). The lowest BCUT2D eigenvalue weighted by molar-refractivity contribution is 0.474. The van der Waals surface area contributed by atoms with Crippen molar-refractivity contribution in [2.24, 2.45) is 5.10 Å². The molecule has 1 heterocycles. The van der Waals surface area contributed by atoms with Gasteiger partial charge in [-0.05, 0) is 38.1 Å².